The van der Waals surface area contributed by atoms with Gasteiger partial charge in [-0.05, 0) is 56.9 Å². The first-order chi connectivity index (χ1) is 10.7. The van der Waals surface area contributed by atoms with Crippen molar-refractivity contribution in [2.45, 2.75) is 45.6 Å². The van der Waals surface area contributed by atoms with Gasteiger partial charge in [-0.25, -0.2) is 4.79 Å². The fourth-order valence-corrected chi connectivity index (χ4v) is 2.74. The topological polar surface area (TPSA) is 38.8 Å². The number of rotatable bonds is 7. The summed E-state index contributed by atoms with van der Waals surface area (Å²) < 4.78 is 10.9. The van der Waals surface area contributed by atoms with Crippen LogP contribution in [0.25, 0.3) is 0 Å². The van der Waals surface area contributed by atoms with Crippen molar-refractivity contribution >= 4 is 11.7 Å². The lowest BCUT2D eigenvalue weighted by Crippen LogP contribution is -2.26. The van der Waals surface area contributed by atoms with Gasteiger partial charge in [0.05, 0.1) is 11.7 Å². The molecule has 122 valence electrons. The highest BCUT2D eigenvalue weighted by atomic mass is 16.6. The van der Waals surface area contributed by atoms with Gasteiger partial charge in [-0.2, -0.15) is 0 Å². The highest BCUT2D eigenvalue weighted by Gasteiger charge is 2.17. The molecule has 1 aromatic carbocycles. The van der Waals surface area contributed by atoms with Gasteiger partial charge < -0.3 is 14.4 Å². The first-order valence-electron chi connectivity index (χ1n) is 8.38. The summed E-state index contributed by atoms with van der Waals surface area (Å²) in [5.41, 5.74) is 1.75. The Kier molecular flexibility index (Phi) is 6.72. The first-order valence-corrected chi connectivity index (χ1v) is 8.38. The molecule has 1 atom stereocenters. The number of carbonyl (C=O) groups is 1. The van der Waals surface area contributed by atoms with Crippen LogP contribution in [0.5, 0.6) is 0 Å². The van der Waals surface area contributed by atoms with E-state index in [4.69, 9.17) is 9.47 Å². The summed E-state index contributed by atoms with van der Waals surface area (Å²) in [6.45, 7) is 7.44. The van der Waals surface area contributed by atoms with E-state index in [0.717, 1.165) is 51.1 Å². The van der Waals surface area contributed by atoms with Crippen LogP contribution in [0.15, 0.2) is 24.3 Å². The Morgan fingerprint density at radius 2 is 2.05 bits per heavy atom. The monoisotopic (exact) mass is 305 g/mol. The van der Waals surface area contributed by atoms with Crippen molar-refractivity contribution in [2.24, 2.45) is 0 Å². The Bertz CT molecular complexity index is 452. The van der Waals surface area contributed by atoms with Gasteiger partial charge in [0, 0.05) is 25.4 Å². The van der Waals surface area contributed by atoms with Gasteiger partial charge in [-0.3, -0.25) is 0 Å². The Labute approximate surface area is 133 Å². The standard InChI is InChI=1S/C18H27NO3/c1-3-12-19(4-2)16-10-8-15(9-11-16)18(20)22-14-17-7-5-6-13-21-17/h8-11,17H,3-7,12-14H2,1-2H3. The summed E-state index contributed by atoms with van der Waals surface area (Å²) in [6.07, 6.45) is 4.42. The number of esters is 1. The molecule has 0 bridgehead atoms. The molecule has 0 amide bonds. The van der Waals surface area contributed by atoms with Crippen LogP contribution in [0.4, 0.5) is 5.69 Å². The third-order valence-corrected chi connectivity index (χ3v) is 4.02. The molecule has 22 heavy (non-hydrogen) atoms. The molecular weight excluding hydrogens is 278 g/mol. The third-order valence-electron chi connectivity index (χ3n) is 4.02. The second-order valence-electron chi connectivity index (χ2n) is 5.71. The summed E-state index contributed by atoms with van der Waals surface area (Å²) in [6, 6.07) is 7.68. The van der Waals surface area contributed by atoms with Crippen LogP contribution in [0.2, 0.25) is 0 Å². The molecule has 0 radical (unpaired) electrons. The van der Waals surface area contributed by atoms with E-state index in [9.17, 15) is 4.79 Å². The quantitative estimate of drug-likeness (QED) is 0.721. The second-order valence-corrected chi connectivity index (χ2v) is 5.71. The Morgan fingerprint density at radius 3 is 2.64 bits per heavy atom. The predicted molar refractivity (Wildman–Crippen MR) is 88.5 cm³/mol. The molecule has 1 heterocycles. The molecule has 0 N–H and O–H groups in total. The van der Waals surface area contributed by atoms with Crippen LogP contribution >= 0.6 is 0 Å². The van der Waals surface area contributed by atoms with E-state index >= 15 is 0 Å². The van der Waals surface area contributed by atoms with E-state index in [2.05, 4.69) is 18.7 Å². The van der Waals surface area contributed by atoms with Crippen molar-refractivity contribution in [3.05, 3.63) is 29.8 Å². The van der Waals surface area contributed by atoms with Gasteiger partial charge in [-0.15, -0.1) is 0 Å². The third kappa shape index (κ3) is 4.73. The maximum absolute atomic E-state index is 12.1. The van der Waals surface area contributed by atoms with E-state index in [-0.39, 0.29) is 12.1 Å². The fraction of sp³-hybridized carbons (Fsp3) is 0.611. The average Bonchev–Trinajstić information content (AvgIpc) is 2.58. The molecule has 2 rings (SSSR count). The van der Waals surface area contributed by atoms with Crippen molar-refractivity contribution in [3.63, 3.8) is 0 Å². The first kappa shape index (κ1) is 16.8. The number of ether oxygens (including phenoxy) is 2. The Morgan fingerprint density at radius 1 is 1.27 bits per heavy atom. The van der Waals surface area contributed by atoms with E-state index in [1.165, 1.54) is 0 Å². The van der Waals surface area contributed by atoms with E-state index in [1.807, 2.05) is 24.3 Å². The lowest BCUT2D eigenvalue weighted by Gasteiger charge is -2.23. The number of nitrogens with zero attached hydrogens (tertiary/aromatic N) is 1. The minimum absolute atomic E-state index is 0.0668. The Hall–Kier alpha value is -1.55. The highest BCUT2D eigenvalue weighted by molar-refractivity contribution is 5.89. The number of anilines is 1. The van der Waals surface area contributed by atoms with Crippen LogP contribution < -0.4 is 4.90 Å². The normalized spacial score (nSPS) is 18.0. The zero-order chi connectivity index (χ0) is 15.8. The SMILES string of the molecule is CCCN(CC)c1ccc(C(=O)OCC2CCCCO2)cc1. The molecule has 1 aromatic rings. The van der Waals surface area contributed by atoms with Gasteiger partial charge >= 0.3 is 5.97 Å². The minimum atomic E-state index is -0.265. The molecular formula is C18H27NO3. The van der Waals surface area contributed by atoms with E-state index < -0.39 is 0 Å². The largest absolute Gasteiger partial charge is 0.459 e. The van der Waals surface area contributed by atoms with Crippen molar-refractivity contribution in [2.75, 3.05) is 31.2 Å². The van der Waals surface area contributed by atoms with Gasteiger partial charge in [-0.1, -0.05) is 6.92 Å². The molecule has 0 aliphatic carbocycles. The van der Waals surface area contributed by atoms with Gasteiger partial charge in [0.1, 0.15) is 6.61 Å². The second kappa shape index (κ2) is 8.79. The summed E-state index contributed by atoms with van der Waals surface area (Å²) in [5.74, 6) is -0.265. The van der Waals surface area contributed by atoms with Gasteiger partial charge in [0.2, 0.25) is 0 Å². The van der Waals surface area contributed by atoms with Crippen LogP contribution in [0.3, 0.4) is 0 Å². The molecule has 1 saturated heterocycles. The maximum atomic E-state index is 12.1. The number of hydrogen-bond acceptors (Lipinski definition) is 4. The molecule has 4 nitrogen and oxygen atoms in total. The fourth-order valence-electron chi connectivity index (χ4n) is 2.74. The lowest BCUT2D eigenvalue weighted by molar-refractivity contribution is -0.0300. The van der Waals surface area contributed by atoms with Crippen molar-refractivity contribution in [3.8, 4) is 0 Å². The van der Waals surface area contributed by atoms with Crippen molar-refractivity contribution in [1.29, 1.82) is 0 Å². The summed E-state index contributed by atoms with van der Waals surface area (Å²) in [4.78, 5) is 14.4. The highest BCUT2D eigenvalue weighted by Crippen LogP contribution is 2.17. The van der Waals surface area contributed by atoms with Crippen LogP contribution in [-0.4, -0.2) is 38.4 Å². The maximum Gasteiger partial charge on any atom is 0.338 e. The van der Waals surface area contributed by atoms with Crippen molar-refractivity contribution < 1.29 is 14.3 Å². The summed E-state index contributed by atoms with van der Waals surface area (Å²) >= 11 is 0. The number of hydrogen-bond donors (Lipinski definition) is 0. The number of carbonyl (C=O) groups excluding carboxylic acids is 1. The van der Waals surface area contributed by atoms with E-state index in [0.29, 0.717) is 12.2 Å². The molecule has 0 aromatic heterocycles. The predicted octanol–water partition coefficient (Wildman–Crippen LogP) is 3.65. The van der Waals surface area contributed by atoms with Crippen molar-refractivity contribution in [1.82, 2.24) is 0 Å². The zero-order valence-corrected chi connectivity index (χ0v) is 13.7. The molecule has 4 heteroatoms. The molecule has 1 aliphatic heterocycles. The molecule has 1 fully saturated rings. The summed E-state index contributed by atoms with van der Waals surface area (Å²) in [7, 11) is 0. The van der Waals surface area contributed by atoms with Gasteiger partial charge in [0.25, 0.3) is 0 Å². The van der Waals surface area contributed by atoms with Crippen LogP contribution in [0.1, 0.15) is 49.9 Å². The Balaban J connectivity index is 1.87. The number of benzene rings is 1. The zero-order valence-electron chi connectivity index (χ0n) is 13.7. The summed E-state index contributed by atoms with van der Waals surface area (Å²) in [5, 5.41) is 0. The minimum Gasteiger partial charge on any atom is -0.459 e. The smallest absolute Gasteiger partial charge is 0.338 e. The molecule has 0 saturated carbocycles. The molecule has 1 unspecified atom stereocenters. The lowest BCUT2D eigenvalue weighted by atomic mass is 10.1. The molecule has 1 aliphatic rings. The van der Waals surface area contributed by atoms with E-state index in [1.54, 1.807) is 0 Å². The average molecular weight is 305 g/mol. The van der Waals surface area contributed by atoms with Crippen LogP contribution in [0, 0.1) is 0 Å². The van der Waals surface area contributed by atoms with Crippen LogP contribution in [-0.2, 0) is 9.47 Å². The molecule has 0 spiro atoms. The van der Waals surface area contributed by atoms with Gasteiger partial charge in [0.15, 0.2) is 0 Å².